The van der Waals surface area contributed by atoms with Crippen LogP contribution in [0.25, 0.3) is 0 Å². The molecule has 0 radical (unpaired) electrons. The van der Waals surface area contributed by atoms with Crippen LogP contribution in [0, 0.1) is 5.41 Å². The summed E-state index contributed by atoms with van der Waals surface area (Å²) in [6.45, 7) is 7.14. The number of amides is 3. The first-order valence-corrected chi connectivity index (χ1v) is 13.8. The Morgan fingerprint density at radius 1 is 1.08 bits per heavy atom. The van der Waals surface area contributed by atoms with Crippen molar-refractivity contribution < 1.29 is 34.1 Å². The molecule has 0 spiro atoms. The number of carbonyl (C=O) groups excluding carboxylic acids is 4. The van der Waals surface area contributed by atoms with Gasteiger partial charge < -0.3 is 30.5 Å². The second kappa shape index (κ2) is 15.2. The number of aliphatic hydroxyl groups excluding tert-OH is 2. The predicted octanol–water partition coefficient (Wildman–Crippen LogP) is 2.50. The van der Waals surface area contributed by atoms with Crippen molar-refractivity contribution >= 4 is 35.3 Å². The zero-order valence-corrected chi connectivity index (χ0v) is 24.0. The number of hydrogen-bond acceptors (Lipinski definition) is 7. The van der Waals surface area contributed by atoms with Crippen molar-refractivity contribution in [1.29, 1.82) is 0 Å². The number of hydrogen-bond donors (Lipinski definition) is 4. The van der Waals surface area contributed by atoms with Gasteiger partial charge in [0.1, 0.15) is 12.1 Å². The van der Waals surface area contributed by atoms with E-state index in [1.54, 1.807) is 31.2 Å². The number of rotatable bonds is 13. The van der Waals surface area contributed by atoms with Crippen LogP contribution in [0.15, 0.2) is 24.3 Å². The lowest BCUT2D eigenvalue weighted by Crippen LogP contribution is -2.58. The van der Waals surface area contributed by atoms with E-state index < -0.39 is 41.5 Å². The van der Waals surface area contributed by atoms with Crippen molar-refractivity contribution in [1.82, 2.24) is 15.5 Å². The molecule has 2 rings (SSSR count). The van der Waals surface area contributed by atoms with Crippen LogP contribution in [0.3, 0.4) is 0 Å². The van der Waals surface area contributed by atoms with Crippen molar-refractivity contribution in [3.8, 4) is 0 Å². The minimum absolute atomic E-state index is 0.0433. The molecule has 1 fully saturated rings. The smallest absolute Gasteiger partial charge is 0.305 e. The maximum Gasteiger partial charge on any atom is 0.305 e. The van der Waals surface area contributed by atoms with Crippen LogP contribution in [-0.2, 0) is 23.9 Å². The molecule has 10 nitrogen and oxygen atoms in total. The van der Waals surface area contributed by atoms with Gasteiger partial charge in [0.2, 0.25) is 17.7 Å². The number of benzene rings is 1. The number of nitrogens with one attached hydrogen (secondary N) is 2. The summed E-state index contributed by atoms with van der Waals surface area (Å²) >= 11 is 5.94. The molecule has 3 amide bonds. The molecule has 2 unspecified atom stereocenters. The second-order valence-electron chi connectivity index (χ2n) is 10.9. The fourth-order valence-corrected chi connectivity index (χ4v) is 4.64. The van der Waals surface area contributed by atoms with Crippen molar-refractivity contribution in [2.24, 2.45) is 5.41 Å². The van der Waals surface area contributed by atoms with Gasteiger partial charge in [-0.1, -0.05) is 50.9 Å². The summed E-state index contributed by atoms with van der Waals surface area (Å²) in [5.41, 5.74) is -0.0175. The minimum atomic E-state index is -0.960. The molecule has 39 heavy (non-hydrogen) atoms. The maximum atomic E-state index is 13.7. The van der Waals surface area contributed by atoms with E-state index in [0.29, 0.717) is 42.9 Å². The van der Waals surface area contributed by atoms with E-state index in [1.165, 1.54) is 4.90 Å². The van der Waals surface area contributed by atoms with Crippen LogP contribution < -0.4 is 10.6 Å². The molecule has 1 aliphatic heterocycles. The molecule has 1 saturated heterocycles. The van der Waals surface area contributed by atoms with E-state index in [0.717, 1.165) is 0 Å². The number of aliphatic hydroxyl groups is 2. The average Bonchev–Trinajstić information content (AvgIpc) is 3.27. The Kier molecular flexibility index (Phi) is 12.7. The lowest BCUT2D eigenvalue weighted by molar-refractivity contribution is -0.144. The van der Waals surface area contributed by atoms with Crippen LogP contribution in [0.5, 0.6) is 0 Å². The third kappa shape index (κ3) is 10.1. The van der Waals surface area contributed by atoms with Crippen LogP contribution >= 0.6 is 11.6 Å². The third-order valence-electron chi connectivity index (χ3n) is 6.64. The Labute approximate surface area is 235 Å². The number of ether oxygens (including phenoxy) is 1. The highest BCUT2D eigenvalue weighted by atomic mass is 35.5. The van der Waals surface area contributed by atoms with E-state index in [4.69, 9.17) is 16.3 Å². The molecule has 0 aliphatic carbocycles. The van der Waals surface area contributed by atoms with Crippen molar-refractivity contribution in [2.45, 2.75) is 90.4 Å². The SMILES string of the molecule is CCOC(=O)CCCCCC(=O)NC(C(=O)N1C[C@H](O)C[C@H]1C(=O)NC(CO)c1ccc(Cl)cc1)C(C)(C)C. The van der Waals surface area contributed by atoms with Gasteiger partial charge in [-0.15, -0.1) is 0 Å². The van der Waals surface area contributed by atoms with Gasteiger partial charge in [0.25, 0.3) is 0 Å². The first-order valence-electron chi connectivity index (χ1n) is 13.5. The van der Waals surface area contributed by atoms with Gasteiger partial charge in [-0.3, -0.25) is 19.2 Å². The number of halogens is 1. The van der Waals surface area contributed by atoms with Crippen LogP contribution in [0.4, 0.5) is 0 Å². The molecular formula is C28H42ClN3O7. The molecule has 4 atom stereocenters. The number of likely N-dealkylation sites (tertiary alicyclic amines) is 1. The minimum Gasteiger partial charge on any atom is -0.466 e. The molecular weight excluding hydrogens is 526 g/mol. The van der Waals surface area contributed by atoms with Gasteiger partial charge in [-0.05, 0) is 42.9 Å². The maximum absolute atomic E-state index is 13.7. The Morgan fingerprint density at radius 2 is 1.72 bits per heavy atom. The van der Waals surface area contributed by atoms with Gasteiger partial charge >= 0.3 is 5.97 Å². The molecule has 0 aromatic heterocycles. The summed E-state index contributed by atoms with van der Waals surface area (Å²) in [5.74, 6) is -1.52. The van der Waals surface area contributed by atoms with E-state index in [1.807, 2.05) is 20.8 Å². The molecule has 11 heteroatoms. The van der Waals surface area contributed by atoms with E-state index in [-0.39, 0.29) is 37.9 Å². The summed E-state index contributed by atoms with van der Waals surface area (Å²) in [6, 6.07) is 4.09. The van der Waals surface area contributed by atoms with Crippen molar-refractivity contribution in [2.75, 3.05) is 19.8 Å². The van der Waals surface area contributed by atoms with E-state index >= 15 is 0 Å². The van der Waals surface area contributed by atoms with Crippen molar-refractivity contribution in [3.05, 3.63) is 34.9 Å². The van der Waals surface area contributed by atoms with Gasteiger partial charge in [0.05, 0.1) is 25.4 Å². The van der Waals surface area contributed by atoms with Gasteiger partial charge in [-0.25, -0.2) is 0 Å². The first kappa shape index (κ1) is 32.5. The highest BCUT2D eigenvalue weighted by molar-refractivity contribution is 6.30. The molecule has 4 N–H and O–H groups in total. The van der Waals surface area contributed by atoms with E-state index in [9.17, 15) is 29.4 Å². The largest absolute Gasteiger partial charge is 0.466 e. The molecule has 1 aromatic carbocycles. The number of unbranched alkanes of at least 4 members (excludes halogenated alkanes) is 2. The summed E-state index contributed by atoms with van der Waals surface area (Å²) in [4.78, 5) is 52.4. The Hall–Kier alpha value is -2.69. The highest BCUT2D eigenvalue weighted by Crippen LogP contribution is 2.27. The van der Waals surface area contributed by atoms with Gasteiger partial charge in [-0.2, -0.15) is 0 Å². The molecule has 0 bridgehead atoms. The Morgan fingerprint density at radius 3 is 2.31 bits per heavy atom. The van der Waals surface area contributed by atoms with Gasteiger partial charge in [0, 0.05) is 30.8 Å². The molecule has 1 heterocycles. The predicted molar refractivity (Wildman–Crippen MR) is 147 cm³/mol. The zero-order chi connectivity index (χ0) is 29.2. The number of esters is 1. The summed E-state index contributed by atoms with van der Waals surface area (Å²) in [7, 11) is 0. The van der Waals surface area contributed by atoms with Crippen LogP contribution in [0.2, 0.25) is 5.02 Å². The summed E-state index contributed by atoms with van der Waals surface area (Å²) in [5, 5.41) is 26.3. The van der Waals surface area contributed by atoms with Crippen molar-refractivity contribution in [3.63, 3.8) is 0 Å². The zero-order valence-electron chi connectivity index (χ0n) is 23.2. The van der Waals surface area contributed by atoms with Crippen LogP contribution in [0.1, 0.15) is 77.8 Å². The summed E-state index contributed by atoms with van der Waals surface area (Å²) < 4.78 is 4.90. The molecule has 1 aliphatic rings. The molecule has 0 saturated carbocycles. The monoisotopic (exact) mass is 567 g/mol. The Bertz CT molecular complexity index is 980. The van der Waals surface area contributed by atoms with Crippen LogP contribution in [-0.4, -0.2) is 76.7 Å². The molecule has 1 aromatic rings. The average molecular weight is 568 g/mol. The third-order valence-corrected chi connectivity index (χ3v) is 6.90. The fraction of sp³-hybridized carbons (Fsp3) is 0.643. The number of carbonyl (C=O) groups is 4. The number of β-amino-alcohol motifs (C(OH)–C–C–N with tert-alkyl or cyclic N) is 1. The lowest BCUT2D eigenvalue weighted by atomic mass is 9.85. The first-order chi connectivity index (χ1) is 18.4. The fourth-order valence-electron chi connectivity index (χ4n) is 4.52. The second-order valence-corrected chi connectivity index (χ2v) is 11.4. The van der Waals surface area contributed by atoms with E-state index in [2.05, 4.69) is 10.6 Å². The normalized spacial score (nSPS) is 18.8. The lowest BCUT2D eigenvalue weighted by Gasteiger charge is -2.35. The quantitative estimate of drug-likeness (QED) is 0.212. The highest BCUT2D eigenvalue weighted by Gasteiger charge is 2.44. The van der Waals surface area contributed by atoms with Gasteiger partial charge in [0.15, 0.2) is 0 Å². The summed E-state index contributed by atoms with van der Waals surface area (Å²) in [6.07, 6.45) is 1.46. The molecule has 218 valence electrons. The topological polar surface area (TPSA) is 145 Å². The standard InChI is InChI=1S/C28H42ClN3O7/c1-5-39-24(36)10-8-6-7-9-23(35)31-25(28(2,3)4)27(38)32-16-20(34)15-22(32)26(37)30-21(17-33)18-11-13-19(29)14-12-18/h11-14,20-22,25,33-34H,5-10,15-17H2,1-4H3,(H,30,37)(H,31,35)/t20-,21?,22+,25?/m1/s1. The number of nitrogens with zero attached hydrogens (tertiary/aromatic N) is 1. The Balaban J connectivity index is 2.03.